The normalized spacial score (nSPS) is 21.9. The maximum absolute atomic E-state index is 12.6. The highest BCUT2D eigenvalue weighted by atomic mass is 32.2. The lowest BCUT2D eigenvalue weighted by atomic mass is 9.87. The van der Waals surface area contributed by atoms with Crippen molar-refractivity contribution in [1.29, 1.82) is 0 Å². The number of nitrogens with zero attached hydrogens (tertiary/aromatic N) is 1. The van der Waals surface area contributed by atoms with Crippen LogP contribution in [-0.4, -0.2) is 38.5 Å². The van der Waals surface area contributed by atoms with E-state index in [-0.39, 0.29) is 11.5 Å². The zero-order chi connectivity index (χ0) is 15.0. The molecule has 1 atom stereocenters. The van der Waals surface area contributed by atoms with Crippen LogP contribution >= 0.6 is 0 Å². The molecule has 2 rings (SSSR count). The molecule has 1 fully saturated rings. The van der Waals surface area contributed by atoms with Gasteiger partial charge in [-0.25, -0.2) is 8.42 Å². The van der Waals surface area contributed by atoms with Gasteiger partial charge in [-0.3, -0.25) is 0 Å². The highest BCUT2D eigenvalue weighted by molar-refractivity contribution is 7.89. The Balaban J connectivity index is 2.30. The van der Waals surface area contributed by atoms with Crippen molar-refractivity contribution in [2.45, 2.75) is 44.0 Å². The molecular formula is C15H23NO3S. The summed E-state index contributed by atoms with van der Waals surface area (Å²) in [5.41, 5.74) is 1.15. The minimum atomic E-state index is -3.42. The Morgan fingerprint density at radius 2 is 1.80 bits per heavy atom. The van der Waals surface area contributed by atoms with Crippen molar-refractivity contribution < 1.29 is 13.2 Å². The molecule has 1 unspecified atom stereocenters. The van der Waals surface area contributed by atoms with Crippen LogP contribution in [0.3, 0.4) is 0 Å². The molecule has 0 bridgehead atoms. The largest absolute Gasteiger partial charge is 0.378 e. The Morgan fingerprint density at radius 3 is 2.30 bits per heavy atom. The van der Waals surface area contributed by atoms with Crippen molar-refractivity contribution in [3.63, 3.8) is 0 Å². The highest BCUT2D eigenvalue weighted by Crippen LogP contribution is 2.25. The Labute approximate surface area is 121 Å². The van der Waals surface area contributed by atoms with E-state index in [0.29, 0.717) is 24.7 Å². The lowest BCUT2D eigenvalue weighted by Crippen LogP contribution is -2.46. The molecule has 1 aliphatic rings. The molecular weight excluding hydrogens is 274 g/mol. The maximum atomic E-state index is 12.6. The molecule has 0 saturated carbocycles. The zero-order valence-electron chi connectivity index (χ0n) is 12.6. The van der Waals surface area contributed by atoms with Crippen LogP contribution < -0.4 is 0 Å². The number of morpholine rings is 1. The molecule has 1 aromatic rings. The number of sulfonamides is 1. The van der Waals surface area contributed by atoms with Crippen molar-refractivity contribution in [1.82, 2.24) is 4.31 Å². The maximum Gasteiger partial charge on any atom is 0.243 e. The summed E-state index contributed by atoms with van der Waals surface area (Å²) in [5, 5.41) is 0. The van der Waals surface area contributed by atoms with Crippen LogP contribution in [0.15, 0.2) is 29.2 Å². The molecule has 0 spiro atoms. The summed E-state index contributed by atoms with van der Waals surface area (Å²) in [5.74, 6) is 0. The van der Waals surface area contributed by atoms with E-state index in [1.54, 1.807) is 12.1 Å². The van der Waals surface area contributed by atoms with Crippen LogP contribution in [0.2, 0.25) is 0 Å². The molecule has 1 saturated heterocycles. The van der Waals surface area contributed by atoms with Crippen LogP contribution in [0.25, 0.3) is 0 Å². The monoisotopic (exact) mass is 297 g/mol. The van der Waals surface area contributed by atoms with E-state index in [1.807, 2.05) is 19.1 Å². The molecule has 20 heavy (non-hydrogen) atoms. The summed E-state index contributed by atoms with van der Waals surface area (Å²) >= 11 is 0. The Kier molecular flexibility index (Phi) is 4.23. The first kappa shape index (κ1) is 15.5. The molecule has 0 N–H and O–H groups in total. The van der Waals surface area contributed by atoms with Gasteiger partial charge in [0.05, 0.1) is 18.1 Å². The quantitative estimate of drug-likeness (QED) is 0.842. The molecule has 4 nitrogen and oxygen atoms in total. The second-order valence-corrected chi connectivity index (χ2v) is 8.20. The molecule has 5 heteroatoms. The van der Waals surface area contributed by atoms with E-state index in [1.165, 1.54) is 4.31 Å². The average molecular weight is 297 g/mol. The standard InChI is InChI=1S/C15H23NO3S/c1-12-11-19-10-9-16(12)20(17,18)14-7-5-13(6-8-14)15(2,3)4/h5-8,12H,9-11H2,1-4H3. The smallest absolute Gasteiger partial charge is 0.243 e. The van der Waals surface area contributed by atoms with Gasteiger partial charge in [0.1, 0.15) is 0 Å². The van der Waals surface area contributed by atoms with Gasteiger partial charge >= 0.3 is 0 Å². The first-order chi connectivity index (χ1) is 9.23. The third-order valence-electron chi connectivity index (χ3n) is 3.63. The first-order valence-corrected chi connectivity index (χ1v) is 8.37. The molecule has 0 aliphatic carbocycles. The van der Waals surface area contributed by atoms with E-state index in [2.05, 4.69) is 20.8 Å². The van der Waals surface area contributed by atoms with Crippen LogP contribution in [0.1, 0.15) is 33.3 Å². The fourth-order valence-electron chi connectivity index (χ4n) is 2.33. The Bertz CT molecular complexity index is 558. The topological polar surface area (TPSA) is 46.6 Å². The summed E-state index contributed by atoms with van der Waals surface area (Å²) in [7, 11) is -3.42. The number of hydrogen-bond donors (Lipinski definition) is 0. The van der Waals surface area contributed by atoms with Gasteiger partial charge in [0, 0.05) is 12.6 Å². The van der Waals surface area contributed by atoms with Gasteiger partial charge in [0.15, 0.2) is 0 Å². The van der Waals surface area contributed by atoms with Gasteiger partial charge < -0.3 is 4.74 Å². The minimum Gasteiger partial charge on any atom is -0.378 e. The van der Waals surface area contributed by atoms with E-state index >= 15 is 0 Å². The van der Waals surface area contributed by atoms with Gasteiger partial charge in [0.2, 0.25) is 10.0 Å². The van der Waals surface area contributed by atoms with Crippen molar-refractivity contribution >= 4 is 10.0 Å². The number of benzene rings is 1. The molecule has 0 amide bonds. The zero-order valence-corrected chi connectivity index (χ0v) is 13.4. The fourth-order valence-corrected chi connectivity index (χ4v) is 3.93. The predicted octanol–water partition coefficient (Wildman–Crippen LogP) is 2.39. The summed E-state index contributed by atoms with van der Waals surface area (Å²) in [6, 6.07) is 7.10. The third kappa shape index (κ3) is 3.05. The summed E-state index contributed by atoms with van der Waals surface area (Å²) in [4.78, 5) is 0.360. The summed E-state index contributed by atoms with van der Waals surface area (Å²) in [6.07, 6.45) is 0. The first-order valence-electron chi connectivity index (χ1n) is 6.93. The second kappa shape index (κ2) is 5.47. The van der Waals surface area contributed by atoms with Crippen molar-refractivity contribution in [2.24, 2.45) is 0 Å². The van der Waals surface area contributed by atoms with Crippen molar-refractivity contribution in [3.8, 4) is 0 Å². The lowest BCUT2D eigenvalue weighted by molar-refractivity contribution is 0.0393. The van der Waals surface area contributed by atoms with Gasteiger partial charge in [-0.1, -0.05) is 32.9 Å². The predicted molar refractivity (Wildman–Crippen MR) is 79.3 cm³/mol. The molecule has 0 aromatic heterocycles. The molecule has 1 aliphatic heterocycles. The number of hydrogen-bond acceptors (Lipinski definition) is 3. The summed E-state index contributed by atoms with van der Waals surface area (Å²) in [6.45, 7) is 9.55. The molecule has 112 valence electrons. The van der Waals surface area contributed by atoms with E-state index in [4.69, 9.17) is 4.74 Å². The van der Waals surface area contributed by atoms with Crippen LogP contribution in [0.4, 0.5) is 0 Å². The Morgan fingerprint density at radius 1 is 1.20 bits per heavy atom. The lowest BCUT2D eigenvalue weighted by Gasteiger charge is -2.32. The highest BCUT2D eigenvalue weighted by Gasteiger charge is 2.31. The van der Waals surface area contributed by atoms with E-state index in [0.717, 1.165) is 5.56 Å². The van der Waals surface area contributed by atoms with Gasteiger partial charge in [-0.2, -0.15) is 4.31 Å². The van der Waals surface area contributed by atoms with Crippen LogP contribution in [-0.2, 0) is 20.2 Å². The Hall–Kier alpha value is -0.910. The molecule has 1 aromatic carbocycles. The molecule has 1 heterocycles. The number of ether oxygens (including phenoxy) is 1. The second-order valence-electron chi connectivity index (χ2n) is 6.31. The average Bonchev–Trinajstić information content (AvgIpc) is 2.38. The van der Waals surface area contributed by atoms with Crippen molar-refractivity contribution in [2.75, 3.05) is 19.8 Å². The minimum absolute atomic E-state index is 0.0224. The van der Waals surface area contributed by atoms with Gasteiger partial charge in [-0.15, -0.1) is 0 Å². The fraction of sp³-hybridized carbons (Fsp3) is 0.600. The molecule has 0 radical (unpaired) electrons. The van der Waals surface area contributed by atoms with Crippen LogP contribution in [0, 0.1) is 0 Å². The SMILES string of the molecule is CC1COCCN1S(=O)(=O)c1ccc(C(C)(C)C)cc1. The summed E-state index contributed by atoms with van der Waals surface area (Å²) < 4.78 is 32.1. The van der Waals surface area contributed by atoms with Gasteiger partial charge in [-0.05, 0) is 30.0 Å². The van der Waals surface area contributed by atoms with E-state index < -0.39 is 10.0 Å². The third-order valence-corrected chi connectivity index (χ3v) is 5.66. The number of rotatable bonds is 2. The van der Waals surface area contributed by atoms with Gasteiger partial charge in [0.25, 0.3) is 0 Å². The van der Waals surface area contributed by atoms with Crippen LogP contribution in [0.5, 0.6) is 0 Å². The van der Waals surface area contributed by atoms with Crippen molar-refractivity contribution in [3.05, 3.63) is 29.8 Å². The van der Waals surface area contributed by atoms with E-state index in [9.17, 15) is 8.42 Å².